The maximum absolute atomic E-state index is 12.6. The number of pyridine rings is 1. The van der Waals surface area contributed by atoms with E-state index in [1.807, 2.05) is 36.4 Å². The number of hydrogen-bond donors (Lipinski definition) is 1. The molecule has 25 heavy (non-hydrogen) atoms. The predicted molar refractivity (Wildman–Crippen MR) is 99.2 cm³/mol. The molecule has 0 spiro atoms. The Morgan fingerprint density at radius 3 is 2.76 bits per heavy atom. The molecular weight excluding hydrogens is 316 g/mol. The zero-order chi connectivity index (χ0) is 17.5. The number of ether oxygens (including phenoxy) is 1. The van der Waals surface area contributed by atoms with Gasteiger partial charge in [-0.3, -0.25) is 14.7 Å². The fourth-order valence-electron chi connectivity index (χ4n) is 2.78. The molecule has 1 fully saturated rings. The van der Waals surface area contributed by atoms with Gasteiger partial charge in [-0.25, -0.2) is 0 Å². The van der Waals surface area contributed by atoms with Gasteiger partial charge in [0.1, 0.15) is 5.69 Å². The van der Waals surface area contributed by atoms with Gasteiger partial charge >= 0.3 is 0 Å². The molecule has 1 aliphatic heterocycles. The van der Waals surface area contributed by atoms with Gasteiger partial charge in [0.05, 0.1) is 13.2 Å². The summed E-state index contributed by atoms with van der Waals surface area (Å²) in [7, 11) is 1.76. The van der Waals surface area contributed by atoms with Crippen molar-refractivity contribution >= 4 is 17.3 Å². The van der Waals surface area contributed by atoms with Gasteiger partial charge in [-0.15, -0.1) is 0 Å². The number of carbonyl (C=O) groups is 1. The quantitative estimate of drug-likeness (QED) is 0.873. The van der Waals surface area contributed by atoms with Crippen molar-refractivity contribution in [2.45, 2.75) is 0 Å². The summed E-state index contributed by atoms with van der Waals surface area (Å²) in [6.07, 6.45) is 1.67. The van der Waals surface area contributed by atoms with Crippen LogP contribution in [0.5, 0.6) is 0 Å². The lowest BCUT2D eigenvalue weighted by atomic mass is 10.2. The highest BCUT2D eigenvalue weighted by Gasteiger charge is 2.15. The minimum atomic E-state index is -0.122. The van der Waals surface area contributed by atoms with Crippen molar-refractivity contribution in [3.05, 3.63) is 54.4 Å². The molecule has 1 aliphatic rings. The molecular formula is C19H24N4O2. The molecule has 132 valence electrons. The van der Waals surface area contributed by atoms with Crippen LogP contribution in [-0.4, -0.2) is 62.2 Å². The Labute approximate surface area is 148 Å². The molecule has 2 aromatic rings. The summed E-state index contributed by atoms with van der Waals surface area (Å²) in [6.45, 7) is 5.35. The summed E-state index contributed by atoms with van der Waals surface area (Å²) in [5.74, 6) is -0.122. The van der Waals surface area contributed by atoms with Crippen LogP contribution in [0.1, 0.15) is 10.5 Å². The van der Waals surface area contributed by atoms with E-state index in [0.29, 0.717) is 5.69 Å². The van der Waals surface area contributed by atoms with Crippen LogP contribution in [0.2, 0.25) is 0 Å². The number of amides is 1. The van der Waals surface area contributed by atoms with Gasteiger partial charge in [0.15, 0.2) is 0 Å². The van der Waals surface area contributed by atoms with Crippen LogP contribution in [0, 0.1) is 0 Å². The summed E-state index contributed by atoms with van der Waals surface area (Å²) in [4.78, 5) is 20.8. The van der Waals surface area contributed by atoms with E-state index < -0.39 is 0 Å². The zero-order valence-electron chi connectivity index (χ0n) is 14.5. The number of aromatic nitrogens is 1. The molecule has 0 bridgehead atoms. The van der Waals surface area contributed by atoms with E-state index in [4.69, 9.17) is 4.74 Å². The Balaban J connectivity index is 1.58. The van der Waals surface area contributed by atoms with Gasteiger partial charge in [0, 0.05) is 50.8 Å². The van der Waals surface area contributed by atoms with E-state index in [0.717, 1.165) is 50.8 Å². The van der Waals surface area contributed by atoms with Crippen molar-refractivity contribution in [3.8, 4) is 0 Å². The van der Waals surface area contributed by atoms with Crippen LogP contribution in [0.3, 0.4) is 0 Å². The average Bonchev–Trinajstić information content (AvgIpc) is 2.68. The van der Waals surface area contributed by atoms with Crippen LogP contribution >= 0.6 is 0 Å². The Kier molecular flexibility index (Phi) is 5.98. The highest BCUT2D eigenvalue weighted by Crippen LogP contribution is 2.15. The first-order valence-electron chi connectivity index (χ1n) is 8.57. The summed E-state index contributed by atoms with van der Waals surface area (Å²) >= 11 is 0. The van der Waals surface area contributed by atoms with Crippen LogP contribution in [0.4, 0.5) is 11.4 Å². The largest absolute Gasteiger partial charge is 0.384 e. The van der Waals surface area contributed by atoms with E-state index in [1.54, 1.807) is 24.2 Å². The Bertz CT molecular complexity index is 687. The minimum absolute atomic E-state index is 0.122. The zero-order valence-corrected chi connectivity index (χ0v) is 14.5. The standard InChI is InChI=1S/C19H24N4O2/c1-22(17-5-3-2-4-6-17)19(24)18-15-16(7-8-21-18)20-9-10-23-11-13-25-14-12-23/h2-8,15H,9-14H2,1H3,(H,20,21). The number of para-hydroxylation sites is 1. The third-order valence-electron chi connectivity index (χ3n) is 4.29. The molecule has 3 rings (SSSR count). The SMILES string of the molecule is CN(C(=O)c1cc(NCCN2CCOCC2)ccn1)c1ccccc1. The van der Waals surface area contributed by atoms with Crippen LogP contribution in [-0.2, 0) is 4.74 Å². The summed E-state index contributed by atoms with van der Waals surface area (Å²) in [6, 6.07) is 13.3. The Hall–Kier alpha value is -2.44. The molecule has 1 saturated heterocycles. The number of morpholine rings is 1. The van der Waals surface area contributed by atoms with E-state index in [1.165, 1.54) is 0 Å². The highest BCUT2D eigenvalue weighted by atomic mass is 16.5. The van der Waals surface area contributed by atoms with Crippen molar-refractivity contribution in [2.24, 2.45) is 0 Å². The van der Waals surface area contributed by atoms with Crippen molar-refractivity contribution in [2.75, 3.05) is 56.7 Å². The number of benzene rings is 1. The minimum Gasteiger partial charge on any atom is -0.384 e. The number of hydrogen-bond acceptors (Lipinski definition) is 5. The molecule has 1 aromatic heterocycles. The van der Waals surface area contributed by atoms with E-state index in [-0.39, 0.29) is 5.91 Å². The molecule has 0 saturated carbocycles. The number of anilines is 2. The van der Waals surface area contributed by atoms with Crippen LogP contribution in [0.15, 0.2) is 48.7 Å². The number of nitrogens with zero attached hydrogens (tertiary/aromatic N) is 3. The predicted octanol–water partition coefficient (Wildman–Crippen LogP) is 2.10. The number of rotatable bonds is 6. The second-order valence-electron chi connectivity index (χ2n) is 6.01. The van der Waals surface area contributed by atoms with Crippen LogP contribution in [0.25, 0.3) is 0 Å². The maximum atomic E-state index is 12.6. The van der Waals surface area contributed by atoms with Crippen molar-refractivity contribution in [1.29, 1.82) is 0 Å². The normalized spacial score (nSPS) is 14.9. The monoisotopic (exact) mass is 340 g/mol. The smallest absolute Gasteiger partial charge is 0.276 e. The van der Waals surface area contributed by atoms with Crippen molar-refractivity contribution in [1.82, 2.24) is 9.88 Å². The molecule has 1 amide bonds. The third-order valence-corrected chi connectivity index (χ3v) is 4.29. The van der Waals surface area contributed by atoms with Crippen molar-refractivity contribution < 1.29 is 9.53 Å². The molecule has 6 nitrogen and oxygen atoms in total. The second kappa shape index (κ2) is 8.60. The molecule has 0 aliphatic carbocycles. The van der Waals surface area contributed by atoms with Gasteiger partial charge in [-0.1, -0.05) is 18.2 Å². The van der Waals surface area contributed by atoms with Crippen LogP contribution < -0.4 is 10.2 Å². The first kappa shape index (κ1) is 17.4. The fraction of sp³-hybridized carbons (Fsp3) is 0.368. The van der Waals surface area contributed by atoms with Gasteiger partial charge in [-0.05, 0) is 24.3 Å². The summed E-state index contributed by atoms with van der Waals surface area (Å²) < 4.78 is 5.35. The number of nitrogens with one attached hydrogen (secondary N) is 1. The molecule has 0 radical (unpaired) electrons. The third kappa shape index (κ3) is 4.78. The van der Waals surface area contributed by atoms with E-state index in [9.17, 15) is 4.79 Å². The Morgan fingerprint density at radius 2 is 2.00 bits per heavy atom. The molecule has 0 atom stereocenters. The van der Waals surface area contributed by atoms with E-state index >= 15 is 0 Å². The molecule has 1 aromatic carbocycles. The lowest BCUT2D eigenvalue weighted by molar-refractivity contribution is 0.0398. The van der Waals surface area contributed by atoms with Gasteiger partial charge in [0.25, 0.3) is 5.91 Å². The number of carbonyl (C=O) groups excluding carboxylic acids is 1. The fourth-order valence-corrected chi connectivity index (χ4v) is 2.78. The lowest BCUT2D eigenvalue weighted by Crippen LogP contribution is -2.39. The topological polar surface area (TPSA) is 57.7 Å². The first-order chi connectivity index (χ1) is 12.2. The lowest BCUT2D eigenvalue weighted by Gasteiger charge is -2.26. The summed E-state index contributed by atoms with van der Waals surface area (Å²) in [5.41, 5.74) is 2.19. The van der Waals surface area contributed by atoms with Crippen molar-refractivity contribution in [3.63, 3.8) is 0 Å². The van der Waals surface area contributed by atoms with E-state index in [2.05, 4.69) is 15.2 Å². The van der Waals surface area contributed by atoms with Gasteiger partial charge in [-0.2, -0.15) is 0 Å². The molecule has 0 unspecified atom stereocenters. The molecule has 6 heteroatoms. The average molecular weight is 340 g/mol. The van der Waals surface area contributed by atoms with Gasteiger partial charge in [0.2, 0.25) is 0 Å². The first-order valence-corrected chi connectivity index (χ1v) is 8.57. The summed E-state index contributed by atoms with van der Waals surface area (Å²) in [5, 5.41) is 3.37. The Morgan fingerprint density at radius 1 is 1.24 bits per heavy atom. The molecule has 2 heterocycles. The molecule has 1 N–H and O–H groups in total. The highest BCUT2D eigenvalue weighted by molar-refractivity contribution is 6.04. The van der Waals surface area contributed by atoms with Gasteiger partial charge < -0.3 is 15.0 Å². The maximum Gasteiger partial charge on any atom is 0.276 e. The second-order valence-corrected chi connectivity index (χ2v) is 6.01.